The van der Waals surface area contributed by atoms with Gasteiger partial charge in [-0.3, -0.25) is 0 Å². The Labute approximate surface area is 159 Å². The molecule has 0 amide bonds. The van der Waals surface area contributed by atoms with Gasteiger partial charge in [-0.1, -0.05) is 15.9 Å². The van der Waals surface area contributed by atoms with Crippen LogP contribution < -0.4 is 4.74 Å². The van der Waals surface area contributed by atoms with Crippen molar-refractivity contribution in [2.75, 3.05) is 0 Å². The van der Waals surface area contributed by atoms with Gasteiger partial charge in [-0.25, -0.2) is 4.79 Å². The molecule has 0 aliphatic heterocycles. The molecule has 0 saturated heterocycles. The first-order valence-electron chi connectivity index (χ1n) is 8.03. The van der Waals surface area contributed by atoms with E-state index in [1.54, 1.807) is 24.3 Å². The van der Waals surface area contributed by atoms with Gasteiger partial charge in [0, 0.05) is 10.0 Å². The molecule has 134 valence electrons. The minimum Gasteiger partial charge on any atom is -0.484 e. The van der Waals surface area contributed by atoms with E-state index in [0.717, 1.165) is 10.0 Å². The number of hydrogen-bond donors (Lipinski definition) is 0. The summed E-state index contributed by atoms with van der Waals surface area (Å²) < 4.78 is 17.3. The second-order valence-electron chi connectivity index (χ2n) is 5.77. The zero-order chi connectivity index (χ0) is 18.5. The van der Waals surface area contributed by atoms with Gasteiger partial charge in [0.25, 0.3) is 5.89 Å². The van der Waals surface area contributed by atoms with Crippen molar-refractivity contribution in [3.8, 4) is 17.2 Å². The van der Waals surface area contributed by atoms with Crippen LogP contribution in [0.1, 0.15) is 30.1 Å². The number of benzene rings is 2. The van der Waals surface area contributed by atoms with Crippen molar-refractivity contribution in [2.45, 2.75) is 26.6 Å². The molecule has 6 nitrogen and oxygen atoms in total. The zero-order valence-corrected chi connectivity index (χ0v) is 15.9. The Bertz CT molecular complexity index is 873. The normalized spacial score (nSPS) is 10.8. The van der Waals surface area contributed by atoms with E-state index in [4.69, 9.17) is 13.9 Å². The number of halogens is 1. The first-order valence-corrected chi connectivity index (χ1v) is 8.83. The lowest BCUT2D eigenvalue weighted by Crippen LogP contribution is -2.11. The van der Waals surface area contributed by atoms with Crippen LogP contribution in [0.2, 0.25) is 0 Å². The number of ether oxygens (including phenoxy) is 2. The third-order valence-corrected chi connectivity index (χ3v) is 3.88. The predicted molar refractivity (Wildman–Crippen MR) is 98.8 cm³/mol. The molecule has 7 heteroatoms. The lowest BCUT2D eigenvalue weighted by Gasteiger charge is -2.08. The van der Waals surface area contributed by atoms with Crippen LogP contribution in [0.15, 0.2) is 57.4 Å². The lowest BCUT2D eigenvalue weighted by atomic mass is 10.2. The van der Waals surface area contributed by atoms with Gasteiger partial charge in [0.15, 0.2) is 6.61 Å². The summed E-state index contributed by atoms with van der Waals surface area (Å²) in [5.41, 5.74) is 1.31. The molecule has 0 aliphatic rings. The smallest absolute Gasteiger partial charge is 0.338 e. The zero-order valence-electron chi connectivity index (χ0n) is 14.3. The van der Waals surface area contributed by atoms with Crippen LogP contribution in [0.5, 0.6) is 5.75 Å². The summed E-state index contributed by atoms with van der Waals surface area (Å²) in [6, 6.07) is 14.3. The predicted octanol–water partition coefficient (Wildman–Crippen LogP) is 4.64. The SMILES string of the molecule is CC(C)OC(=O)c1ccc(OCc2nnc(-c3ccc(Br)cc3)o2)cc1. The third-order valence-electron chi connectivity index (χ3n) is 3.35. The van der Waals surface area contributed by atoms with E-state index in [9.17, 15) is 4.79 Å². The van der Waals surface area contributed by atoms with Crippen molar-refractivity contribution in [1.82, 2.24) is 10.2 Å². The molecular formula is C19H17BrN2O4. The van der Waals surface area contributed by atoms with Crippen molar-refractivity contribution in [1.29, 1.82) is 0 Å². The van der Waals surface area contributed by atoms with Crippen molar-refractivity contribution < 1.29 is 18.7 Å². The van der Waals surface area contributed by atoms with E-state index in [0.29, 0.717) is 23.1 Å². The van der Waals surface area contributed by atoms with Gasteiger partial charge < -0.3 is 13.9 Å². The second kappa shape index (κ2) is 8.14. The Morgan fingerprint density at radius 1 is 1.08 bits per heavy atom. The fourth-order valence-electron chi connectivity index (χ4n) is 2.14. The largest absolute Gasteiger partial charge is 0.484 e. The van der Waals surface area contributed by atoms with Crippen molar-refractivity contribution in [3.63, 3.8) is 0 Å². The third kappa shape index (κ3) is 4.70. The van der Waals surface area contributed by atoms with Crippen molar-refractivity contribution >= 4 is 21.9 Å². The second-order valence-corrected chi connectivity index (χ2v) is 6.69. The van der Waals surface area contributed by atoms with Gasteiger partial charge in [-0.15, -0.1) is 10.2 Å². The highest BCUT2D eigenvalue weighted by Gasteiger charge is 2.11. The molecule has 1 aromatic heterocycles. The molecule has 2 aromatic carbocycles. The summed E-state index contributed by atoms with van der Waals surface area (Å²) in [6.45, 7) is 3.75. The van der Waals surface area contributed by atoms with Crippen molar-refractivity contribution in [2.24, 2.45) is 0 Å². The van der Waals surface area contributed by atoms with Crippen LogP contribution in [0.25, 0.3) is 11.5 Å². The summed E-state index contributed by atoms with van der Waals surface area (Å²) in [5.74, 6) is 1.03. The minimum absolute atomic E-state index is 0.138. The van der Waals surface area contributed by atoms with Crippen LogP contribution in [-0.4, -0.2) is 22.3 Å². The molecule has 3 aromatic rings. The molecule has 26 heavy (non-hydrogen) atoms. The van der Waals surface area contributed by atoms with E-state index >= 15 is 0 Å². The lowest BCUT2D eigenvalue weighted by molar-refractivity contribution is 0.0378. The molecule has 0 saturated carbocycles. The number of aromatic nitrogens is 2. The quantitative estimate of drug-likeness (QED) is 0.544. The van der Waals surface area contributed by atoms with Crippen LogP contribution in [-0.2, 0) is 11.3 Å². The number of carbonyl (C=O) groups is 1. The molecule has 0 bridgehead atoms. The standard InChI is InChI=1S/C19H17BrN2O4/c1-12(2)25-19(23)14-5-9-16(10-6-14)24-11-17-21-22-18(26-17)13-3-7-15(20)8-4-13/h3-10,12H,11H2,1-2H3. The van der Waals surface area contributed by atoms with Crippen LogP contribution in [0, 0.1) is 0 Å². The summed E-state index contributed by atoms with van der Waals surface area (Å²) in [6.07, 6.45) is -0.157. The van der Waals surface area contributed by atoms with Crippen molar-refractivity contribution in [3.05, 3.63) is 64.5 Å². The van der Waals surface area contributed by atoms with E-state index in [1.807, 2.05) is 38.1 Å². The number of hydrogen-bond acceptors (Lipinski definition) is 6. The topological polar surface area (TPSA) is 74.5 Å². The number of nitrogens with zero attached hydrogens (tertiary/aromatic N) is 2. The Morgan fingerprint density at radius 2 is 1.77 bits per heavy atom. The molecule has 0 atom stereocenters. The number of esters is 1. The van der Waals surface area contributed by atoms with E-state index in [2.05, 4.69) is 26.1 Å². The van der Waals surface area contributed by atoms with Gasteiger partial charge >= 0.3 is 5.97 Å². The highest BCUT2D eigenvalue weighted by Crippen LogP contribution is 2.21. The highest BCUT2D eigenvalue weighted by atomic mass is 79.9. The first-order chi connectivity index (χ1) is 12.5. The van der Waals surface area contributed by atoms with Gasteiger partial charge in [0.05, 0.1) is 11.7 Å². The van der Waals surface area contributed by atoms with Crippen LogP contribution in [0.3, 0.4) is 0 Å². The molecule has 0 fully saturated rings. The maximum atomic E-state index is 11.8. The summed E-state index contributed by atoms with van der Waals surface area (Å²) >= 11 is 3.38. The maximum Gasteiger partial charge on any atom is 0.338 e. The maximum absolute atomic E-state index is 11.8. The molecule has 1 heterocycles. The average Bonchev–Trinajstić information content (AvgIpc) is 3.09. The van der Waals surface area contributed by atoms with E-state index in [-0.39, 0.29) is 18.7 Å². The van der Waals surface area contributed by atoms with Crippen LogP contribution >= 0.6 is 15.9 Å². The Hall–Kier alpha value is -2.67. The monoisotopic (exact) mass is 416 g/mol. The average molecular weight is 417 g/mol. The molecule has 0 radical (unpaired) electrons. The molecule has 0 unspecified atom stereocenters. The molecule has 3 rings (SSSR count). The molecule has 0 aliphatic carbocycles. The van der Waals surface area contributed by atoms with E-state index < -0.39 is 0 Å². The Kier molecular flexibility index (Phi) is 5.68. The number of rotatable bonds is 6. The number of carbonyl (C=O) groups excluding carboxylic acids is 1. The minimum atomic E-state index is -0.359. The first kappa shape index (κ1) is 18.1. The molecular weight excluding hydrogens is 400 g/mol. The summed E-state index contributed by atoms with van der Waals surface area (Å²) in [4.78, 5) is 11.8. The van der Waals surface area contributed by atoms with E-state index in [1.165, 1.54) is 0 Å². The van der Waals surface area contributed by atoms with Gasteiger partial charge in [-0.05, 0) is 62.4 Å². The summed E-state index contributed by atoms with van der Waals surface area (Å²) in [5, 5.41) is 8.00. The highest BCUT2D eigenvalue weighted by molar-refractivity contribution is 9.10. The summed E-state index contributed by atoms with van der Waals surface area (Å²) in [7, 11) is 0. The Morgan fingerprint density at radius 3 is 2.42 bits per heavy atom. The van der Waals surface area contributed by atoms with Gasteiger partial charge in [0.2, 0.25) is 5.89 Å². The molecule has 0 spiro atoms. The Balaban J connectivity index is 1.59. The molecule has 0 N–H and O–H groups in total. The van der Waals surface area contributed by atoms with Gasteiger partial charge in [-0.2, -0.15) is 0 Å². The fourth-order valence-corrected chi connectivity index (χ4v) is 2.40. The van der Waals surface area contributed by atoms with Gasteiger partial charge in [0.1, 0.15) is 5.75 Å². The van der Waals surface area contributed by atoms with Crippen LogP contribution in [0.4, 0.5) is 0 Å². The fraction of sp³-hybridized carbons (Fsp3) is 0.211.